The molecule has 23 heavy (non-hydrogen) atoms. The largest absolute Gasteiger partial charge is 0.334 e. The van der Waals surface area contributed by atoms with Crippen LogP contribution in [-0.2, 0) is 6.54 Å². The first-order valence-corrected chi connectivity index (χ1v) is 7.58. The molecule has 0 aliphatic carbocycles. The van der Waals surface area contributed by atoms with Crippen LogP contribution in [0.25, 0.3) is 11.0 Å². The number of benzene rings is 1. The summed E-state index contributed by atoms with van der Waals surface area (Å²) in [4.78, 5) is 31.4. The van der Waals surface area contributed by atoms with Crippen LogP contribution >= 0.6 is 0 Å². The van der Waals surface area contributed by atoms with Crippen LogP contribution in [0, 0.1) is 0 Å². The lowest BCUT2D eigenvalue weighted by molar-refractivity contribution is 0.0721. The van der Waals surface area contributed by atoms with Gasteiger partial charge < -0.3 is 14.9 Å². The number of hydrogen-bond acceptors (Lipinski definition) is 4. The van der Waals surface area contributed by atoms with Crippen molar-refractivity contribution in [2.75, 3.05) is 6.54 Å². The Hall–Kier alpha value is -2.90. The molecule has 4 rings (SSSR count). The number of aromatic nitrogens is 5. The summed E-state index contributed by atoms with van der Waals surface area (Å²) in [6.07, 6.45) is 5.37. The molecule has 8 heteroatoms. The smallest absolute Gasteiger partial charge is 0.323 e. The Labute approximate surface area is 131 Å². The zero-order chi connectivity index (χ0) is 15.8. The van der Waals surface area contributed by atoms with Gasteiger partial charge in [-0.25, -0.2) is 4.79 Å². The number of rotatable bonds is 3. The van der Waals surface area contributed by atoms with E-state index in [1.54, 1.807) is 35.3 Å². The minimum Gasteiger partial charge on any atom is -0.334 e. The first-order chi connectivity index (χ1) is 11.2. The molecule has 0 unspecified atom stereocenters. The van der Waals surface area contributed by atoms with Crippen molar-refractivity contribution < 1.29 is 4.79 Å². The van der Waals surface area contributed by atoms with E-state index in [1.807, 2.05) is 4.90 Å². The topological polar surface area (TPSA) is 99.7 Å². The Morgan fingerprint density at radius 3 is 3.00 bits per heavy atom. The molecule has 3 aromatic rings. The molecule has 0 radical (unpaired) electrons. The monoisotopic (exact) mass is 312 g/mol. The average Bonchev–Trinajstić information content (AvgIpc) is 3.26. The predicted molar refractivity (Wildman–Crippen MR) is 83.0 cm³/mol. The molecule has 1 aliphatic heterocycles. The maximum atomic E-state index is 12.8. The van der Waals surface area contributed by atoms with Gasteiger partial charge in [0.05, 0.1) is 29.8 Å². The van der Waals surface area contributed by atoms with E-state index in [0.29, 0.717) is 23.1 Å². The third kappa shape index (κ3) is 2.52. The summed E-state index contributed by atoms with van der Waals surface area (Å²) in [6, 6.07) is 5.34. The van der Waals surface area contributed by atoms with Gasteiger partial charge >= 0.3 is 5.69 Å². The van der Waals surface area contributed by atoms with Crippen LogP contribution in [0.5, 0.6) is 0 Å². The van der Waals surface area contributed by atoms with E-state index in [9.17, 15) is 9.59 Å². The number of imidazole rings is 1. The van der Waals surface area contributed by atoms with Crippen LogP contribution in [0.3, 0.4) is 0 Å². The lowest BCUT2D eigenvalue weighted by Crippen LogP contribution is -2.38. The Bertz CT molecular complexity index is 894. The molecule has 2 aromatic heterocycles. The molecule has 1 amide bonds. The van der Waals surface area contributed by atoms with E-state index in [-0.39, 0.29) is 17.6 Å². The third-order valence-electron chi connectivity index (χ3n) is 4.27. The Kier molecular flexibility index (Phi) is 3.22. The van der Waals surface area contributed by atoms with Crippen molar-refractivity contribution in [3.63, 3.8) is 0 Å². The Balaban J connectivity index is 1.59. The van der Waals surface area contributed by atoms with Gasteiger partial charge in [-0.15, -0.1) is 5.10 Å². The van der Waals surface area contributed by atoms with Crippen LogP contribution in [-0.4, -0.2) is 48.4 Å². The molecule has 1 aliphatic rings. The van der Waals surface area contributed by atoms with Crippen molar-refractivity contribution in [3.8, 4) is 0 Å². The zero-order valence-electron chi connectivity index (χ0n) is 12.4. The molecule has 118 valence electrons. The number of likely N-dealkylation sites (tertiary alicyclic amines) is 1. The van der Waals surface area contributed by atoms with E-state index < -0.39 is 0 Å². The summed E-state index contributed by atoms with van der Waals surface area (Å²) in [5.74, 6) is -0.0171. The molecule has 8 nitrogen and oxygen atoms in total. The molecule has 0 spiro atoms. The third-order valence-corrected chi connectivity index (χ3v) is 4.27. The maximum Gasteiger partial charge on any atom is 0.323 e. The van der Waals surface area contributed by atoms with E-state index in [0.717, 1.165) is 19.4 Å². The molecule has 0 saturated carbocycles. The highest BCUT2D eigenvalue weighted by Crippen LogP contribution is 2.22. The lowest BCUT2D eigenvalue weighted by Gasteiger charge is -2.24. The number of nitrogens with one attached hydrogen (secondary N) is 2. The molecular weight excluding hydrogens is 296 g/mol. The predicted octanol–water partition coefficient (Wildman–Crippen LogP) is 0.752. The second kappa shape index (κ2) is 5.38. The molecule has 2 N–H and O–H groups in total. The number of nitrogens with zero attached hydrogens (tertiary/aromatic N) is 4. The standard InChI is InChI=1S/C15H16N6O2/c22-14(10-3-4-12-13(8-10)18-15(23)17-12)21-6-1-2-11(21)9-20-7-5-16-19-20/h3-5,7-8,11H,1-2,6,9H2,(H2,17,18,23)/t11-/m0/s1. The Morgan fingerprint density at radius 2 is 2.17 bits per heavy atom. The summed E-state index contributed by atoms with van der Waals surface area (Å²) < 4.78 is 1.75. The summed E-state index contributed by atoms with van der Waals surface area (Å²) in [5.41, 5.74) is 1.66. The van der Waals surface area contributed by atoms with Gasteiger partial charge in [-0.05, 0) is 31.0 Å². The van der Waals surface area contributed by atoms with Crippen molar-refractivity contribution in [1.82, 2.24) is 29.9 Å². The second-order valence-corrected chi connectivity index (χ2v) is 5.76. The van der Waals surface area contributed by atoms with E-state index in [2.05, 4.69) is 20.3 Å². The first kappa shape index (κ1) is 13.7. The maximum absolute atomic E-state index is 12.8. The fraction of sp³-hybridized carbons (Fsp3) is 0.333. The summed E-state index contributed by atoms with van der Waals surface area (Å²) >= 11 is 0. The number of H-pyrrole nitrogens is 2. The van der Waals surface area contributed by atoms with Gasteiger partial charge in [0.2, 0.25) is 0 Å². The van der Waals surface area contributed by atoms with Crippen molar-refractivity contribution >= 4 is 16.9 Å². The number of hydrogen-bond donors (Lipinski definition) is 2. The minimum absolute atomic E-state index is 0.0171. The quantitative estimate of drug-likeness (QED) is 0.745. The average molecular weight is 312 g/mol. The second-order valence-electron chi connectivity index (χ2n) is 5.76. The van der Waals surface area contributed by atoms with Crippen molar-refractivity contribution in [3.05, 3.63) is 46.6 Å². The molecule has 1 fully saturated rings. The highest BCUT2D eigenvalue weighted by molar-refractivity contribution is 5.97. The SMILES string of the molecule is O=C(c1ccc2[nH]c(=O)[nH]c2c1)N1CCC[C@H]1Cn1ccnn1. The van der Waals surface area contributed by atoms with Gasteiger partial charge in [0, 0.05) is 18.3 Å². The number of aromatic amines is 2. The van der Waals surface area contributed by atoms with Gasteiger partial charge in [0.25, 0.3) is 5.91 Å². The van der Waals surface area contributed by atoms with Crippen LogP contribution < -0.4 is 5.69 Å². The summed E-state index contributed by atoms with van der Waals surface area (Å²) in [6.45, 7) is 1.38. The lowest BCUT2D eigenvalue weighted by atomic mass is 10.1. The molecule has 3 heterocycles. The fourth-order valence-corrected chi connectivity index (χ4v) is 3.17. The van der Waals surface area contributed by atoms with Crippen LogP contribution in [0.1, 0.15) is 23.2 Å². The highest BCUT2D eigenvalue weighted by atomic mass is 16.2. The Morgan fingerprint density at radius 1 is 1.30 bits per heavy atom. The molecule has 1 saturated heterocycles. The number of carbonyl (C=O) groups is 1. The highest BCUT2D eigenvalue weighted by Gasteiger charge is 2.30. The molecule has 0 bridgehead atoms. The van der Waals surface area contributed by atoms with Crippen molar-refractivity contribution in [2.45, 2.75) is 25.4 Å². The van der Waals surface area contributed by atoms with Gasteiger partial charge in [0.1, 0.15) is 0 Å². The van der Waals surface area contributed by atoms with E-state index >= 15 is 0 Å². The number of fused-ring (bicyclic) bond motifs is 1. The molecule has 1 atom stereocenters. The van der Waals surface area contributed by atoms with Crippen LogP contribution in [0.4, 0.5) is 0 Å². The minimum atomic E-state index is -0.269. The van der Waals surface area contributed by atoms with Crippen molar-refractivity contribution in [1.29, 1.82) is 0 Å². The molecular formula is C15H16N6O2. The van der Waals surface area contributed by atoms with Gasteiger partial charge in [-0.2, -0.15) is 0 Å². The zero-order valence-corrected chi connectivity index (χ0v) is 12.4. The van der Waals surface area contributed by atoms with Gasteiger partial charge in [-0.1, -0.05) is 5.21 Å². The van der Waals surface area contributed by atoms with Crippen LogP contribution in [0.2, 0.25) is 0 Å². The van der Waals surface area contributed by atoms with E-state index in [4.69, 9.17) is 0 Å². The van der Waals surface area contributed by atoms with Crippen LogP contribution in [0.15, 0.2) is 35.4 Å². The van der Waals surface area contributed by atoms with E-state index in [1.165, 1.54) is 0 Å². The van der Waals surface area contributed by atoms with Gasteiger partial charge in [0.15, 0.2) is 0 Å². The van der Waals surface area contributed by atoms with Crippen molar-refractivity contribution in [2.24, 2.45) is 0 Å². The summed E-state index contributed by atoms with van der Waals surface area (Å²) in [7, 11) is 0. The normalized spacial score (nSPS) is 17.9. The summed E-state index contributed by atoms with van der Waals surface area (Å²) in [5, 5.41) is 7.78. The first-order valence-electron chi connectivity index (χ1n) is 7.58. The fourth-order valence-electron chi connectivity index (χ4n) is 3.17. The number of carbonyl (C=O) groups excluding carboxylic acids is 1. The van der Waals surface area contributed by atoms with Gasteiger partial charge in [-0.3, -0.25) is 9.48 Å². The molecule has 1 aromatic carbocycles. The number of amides is 1.